The van der Waals surface area contributed by atoms with Crippen LogP contribution in [0.1, 0.15) is 219 Å². The summed E-state index contributed by atoms with van der Waals surface area (Å²) < 4.78 is 32.6. The van der Waals surface area contributed by atoms with Crippen LogP contribution in [-0.2, 0) is 14.9 Å². The van der Waals surface area contributed by atoms with Gasteiger partial charge >= 0.3 is 0 Å². The quantitative estimate of drug-likeness (QED) is 0.0278. The SMILES string of the molecule is CCCCCCCCCC/C=C/CC/C=C/CC/C=C/C(O)C(CS(=O)(=O)O)NC(=O)C(O)CCCCCCCC/C=C\CCCCCCCCCCCC. The first-order valence-corrected chi connectivity index (χ1v) is 24.6. The fourth-order valence-corrected chi connectivity index (χ4v) is 7.51. The number of aliphatic hydroxyl groups is 2. The minimum atomic E-state index is -4.46. The smallest absolute Gasteiger partial charge is 0.267 e. The van der Waals surface area contributed by atoms with E-state index in [2.05, 4.69) is 55.6 Å². The first-order valence-electron chi connectivity index (χ1n) is 22.9. The van der Waals surface area contributed by atoms with Crippen LogP contribution in [0.2, 0.25) is 0 Å². The number of allylic oxidation sites excluding steroid dienone is 7. The second-order valence-corrected chi connectivity index (χ2v) is 17.3. The van der Waals surface area contributed by atoms with Gasteiger partial charge in [-0.3, -0.25) is 9.35 Å². The topological polar surface area (TPSA) is 124 Å². The van der Waals surface area contributed by atoms with Crippen LogP contribution in [0.3, 0.4) is 0 Å². The van der Waals surface area contributed by atoms with Crippen molar-refractivity contribution in [2.24, 2.45) is 0 Å². The molecule has 3 unspecified atom stereocenters. The van der Waals surface area contributed by atoms with Gasteiger partial charge in [0.05, 0.1) is 17.9 Å². The van der Waals surface area contributed by atoms with E-state index in [9.17, 15) is 28.0 Å². The lowest BCUT2D eigenvalue weighted by molar-refractivity contribution is -0.130. The second-order valence-electron chi connectivity index (χ2n) is 15.8. The highest BCUT2D eigenvalue weighted by Crippen LogP contribution is 2.14. The lowest BCUT2D eigenvalue weighted by Crippen LogP contribution is -2.50. The van der Waals surface area contributed by atoms with Crippen molar-refractivity contribution in [3.8, 4) is 0 Å². The van der Waals surface area contributed by atoms with Gasteiger partial charge in [0.25, 0.3) is 10.1 Å². The zero-order chi connectivity index (χ0) is 40.5. The number of carbonyl (C=O) groups is 1. The van der Waals surface area contributed by atoms with Gasteiger partial charge in [0, 0.05) is 0 Å². The van der Waals surface area contributed by atoms with Gasteiger partial charge in [-0.15, -0.1) is 0 Å². The summed E-state index contributed by atoms with van der Waals surface area (Å²) in [5.41, 5.74) is 0. The van der Waals surface area contributed by atoms with E-state index in [0.29, 0.717) is 12.8 Å². The molecule has 0 aromatic rings. The molecule has 322 valence electrons. The molecule has 3 atom stereocenters. The third-order valence-corrected chi connectivity index (χ3v) is 11.1. The number of unbranched alkanes of at least 4 members (excludes halogenated alkanes) is 26. The molecule has 1 amide bonds. The Kier molecular flexibility index (Phi) is 39.2. The summed E-state index contributed by atoms with van der Waals surface area (Å²) in [5, 5.41) is 23.4. The molecule has 0 heterocycles. The van der Waals surface area contributed by atoms with Gasteiger partial charge in [-0.25, -0.2) is 0 Å². The van der Waals surface area contributed by atoms with E-state index in [0.717, 1.165) is 51.4 Å². The van der Waals surface area contributed by atoms with E-state index in [1.165, 1.54) is 141 Å². The second kappa shape index (κ2) is 40.5. The number of amides is 1. The first-order chi connectivity index (χ1) is 26.7. The van der Waals surface area contributed by atoms with Crippen molar-refractivity contribution in [2.45, 2.75) is 238 Å². The van der Waals surface area contributed by atoms with E-state index in [1.807, 2.05) is 0 Å². The molecule has 0 bridgehead atoms. The highest BCUT2D eigenvalue weighted by molar-refractivity contribution is 7.85. The normalized spacial score (nSPS) is 14.2. The molecule has 8 heteroatoms. The first kappa shape index (κ1) is 53.3. The Hall–Kier alpha value is -1.74. The van der Waals surface area contributed by atoms with Crippen LogP contribution < -0.4 is 5.32 Å². The van der Waals surface area contributed by atoms with Crippen LogP contribution in [0.5, 0.6) is 0 Å². The molecular formula is C47H87NO6S. The zero-order valence-corrected chi connectivity index (χ0v) is 36.5. The summed E-state index contributed by atoms with van der Waals surface area (Å²) in [6.07, 6.45) is 51.7. The standard InChI is InChI=1S/C47H87NO6S/c1-3-5-7-9-11-13-15-17-19-21-23-24-26-28-30-32-34-36-38-40-42-46(50)47(51)48-44(43-55(52,53)54)45(49)41-39-37-35-33-31-29-27-25-22-20-18-16-14-12-10-8-6-4-2/h22,24-26,31,33,39,41,44-46,49-50H,3-21,23,27-30,32,34-38,40,42-43H2,1-2H3,(H,48,51)(H,52,53,54)/b25-22+,26-24-,33-31+,41-39+. The van der Waals surface area contributed by atoms with Gasteiger partial charge in [-0.05, 0) is 70.6 Å². The van der Waals surface area contributed by atoms with Crippen LogP contribution in [0.4, 0.5) is 0 Å². The fraction of sp³-hybridized carbons (Fsp3) is 0.809. The van der Waals surface area contributed by atoms with E-state index in [1.54, 1.807) is 6.08 Å². The van der Waals surface area contributed by atoms with Crippen LogP contribution in [0.15, 0.2) is 48.6 Å². The number of carbonyl (C=O) groups excluding carboxylic acids is 1. The molecule has 0 aromatic carbocycles. The summed E-state index contributed by atoms with van der Waals surface area (Å²) >= 11 is 0. The van der Waals surface area contributed by atoms with E-state index < -0.39 is 40.0 Å². The highest BCUT2D eigenvalue weighted by Gasteiger charge is 2.27. The average molecular weight is 794 g/mol. The molecule has 4 N–H and O–H groups in total. The minimum Gasteiger partial charge on any atom is -0.387 e. The molecule has 0 saturated heterocycles. The number of hydrogen-bond donors (Lipinski definition) is 4. The molecule has 0 aliphatic rings. The molecule has 0 aromatic heterocycles. The maximum Gasteiger partial charge on any atom is 0.267 e. The van der Waals surface area contributed by atoms with Gasteiger partial charge in [0.15, 0.2) is 0 Å². The van der Waals surface area contributed by atoms with Gasteiger partial charge in [-0.1, -0.05) is 197 Å². The summed E-state index contributed by atoms with van der Waals surface area (Å²) in [6.45, 7) is 4.52. The molecule has 0 aliphatic heterocycles. The molecule has 0 saturated carbocycles. The molecule has 0 aliphatic carbocycles. The van der Waals surface area contributed by atoms with Crippen LogP contribution in [0, 0.1) is 0 Å². The summed E-state index contributed by atoms with van der Waals surface area (Å²) in [5.74, 6) is -1.57. The zero-order valence-electron chi connectivity index (χ0n) is 35.7. The van der Waals surface area contributed by atoms with Crippen LogP contribution in [0.25, 0.3) is 0 Å². The van der Waals surface area contributed by atoms with Gasteiger partial charge in [-0.2, -0.15) is 8.42 Å². The minimum absolute atomic E-state index is 0.263. The third-order valence-electron chi connectivity index (χ3n) is 10.3. The van der Waals surface area contributed by atoms with Crippen molar-refractivity contribution >= 4 is 16.0 Å². The number of hydrogen-bond acceptors (Lipinski definition) is 5. The summed E-state index contributed by atoms with van der Waals surface area (Å²) in [6, 6.07) is -1.26. The molecular weight excluding hydrogens is 707 g/mol. The van der Waals surface area contributed by atoms with Crippen LogP contribution in [-0.4, -0.2) is 53.1 Å². The Morgan fingerprint density at radius 1 is 0.491 bits per heavy atom. The van der Waals surface area contributed by atoms with E-state index in [-0.39, 0.29) is 6.42 Å². The molecule has 0 radical (unpaired) electrons. The number of aliphatic hydroxyl groups excluding tert-OH is 2. The highest BCUT2D eigenvalue weighted by atomic mass is 32.2. The third kappa shape index (κ3) is 40.3. The fourth-order valence-electron chi connectivity index (χ4n) is 6.78. The van der Waals surface area contributed by atoms with Crippen molar-refractivity contribution in [1.29, 1.82) is 0 Å². The van der Waals surface area contributed by atoms with E-state index >= 15 is 0 Å². The maximum atomic E-state index is 12.6. The predicted octanol–water partition coefficient (Wildman–Crippen LogP) is 12.8. The largest absolute Gasteiger partial charge is 0.387 e. The number of nitrogens with one attached hydrogen (secondary N) is 1. The molecule has 0 fully saturated rings. The van der Waals surface area contributed by atoms with Gasteiger partial charge in [0.2, 0.25) is 5.91 Å². The monoisotopic (exact) mass is 794 g/mol. The number of rotatable bonds is 41. The van der Waals surface area contributed by atoms with Crippen molar-refractivity contribution in [3.63, 3.8) is 0 Å². The van der Waals surface area contributed by atoms with Crippen molar-refractivity contribution in [1.82, 2.24) is 5.32 Å². The lowest BCUT2D eigenvalue weighted by Gasteiger charge is -2.22. The van der Waals surface area contributed by atoms with Crippen molar-refractivity contribution in [3.05, 3.63) is 48.6 Å². The molecule has 0 spiro atoms. The lowest BCUT2D eigenvalue weighted by atomic mass is 10.0. The Balaban J connectivity index is 4.05. The Bertz CT molecular complexity index is 1070. The van der Waals surface area contributed by atoms with Crippen molar-refractivity contribution < 1.29 is 28.0 Å². The van der Waals surface area contributed by atoms with Gasteiger partial charge < -0.3 is 15.5 Å². The Labute approximate surface area is 340 Å². The average Bonchev–Trinajstić information content (AvgIpc) is 3.15. The molecule has 0 rings (SSSR count). The molecule has 7 nitrogen and oxygen atoms in total. The van der Waals surface area contributed by atoms with Gasteiger partial charge in [0.1, 0.15) is 6.10 Å². The predicted molar refractivity (Wildman–Crippen MR) is 236 cm³/mol. The van der Waals surface area contributed by atoms with E-state index in [4.69, 9.17) is 0 Å². The maximum absolute atomic E-state index is 12.6. The van der Waals surface area contributed by atoms with Crippen molar-refractivity contribution in [2.75, 3.05) is 5.75 Å². The summed E-state index contributed by atoms with van der Waals surface area (Å²) in [4.78, 5) is 12.6. The summed E-state index contributed by atoms with van der Waals surface area (Å²) in [7, 11) is -4.46. The Morgan fingerprint density at radius 2 is 0.818 bits per heavy atom. The van der Waals surface area contributed by atoms with Crippen LogP contribution >= 0.6 is 0 Å². The molecule has 55 heavy (non-hydrogen) atoms. The Morgan fingerprint density at radius 3 is 1.20 bits per heavy atom.